The molecule has 0 saturated heterocycles. The Labute approximate surface area is 464 Å². The molecule has 0 aliphatic rings. The van der Waals surface area contributed by atoms with Crippen LogP contribution in [0.5, 0.6) is 11.5 Å². The molecule has 0 aromatic heterocycles. The number of carbonyl (C=O) groups is 3. The van der Waals surface area contributed by atoms with Crippen molar-refractivity contribution in [3.8, 4) is 59.5 Å². The summed E-state index contributed by atoms with van der Waals surface area (Å²) in [6.07, 6.45) is 1.49. The quantitative estimate of drug-likeness (QED) is 0.0163. The van der Waals surface area contributed by atoms with Gasteiger partial charge in [0.25, 0.3) is 5.91 Å². The summed E-state index contributed by atoms with van der Waals surface area (Å²) < 4.78 is 10.6. The van der Waals surface area contributed by atoms with E-state index in [2.05, 4.69) is 41.2 Å². The number of hydrogen-bond donors (Lipinski definition) is 8. The van der Waals surface area contributed by atoms with Crippen LogP contribution in [0.15, 0.2) is 176 Å². The van der Waals surface area contributed by atoms with Crippen LogP contribution < -0.4 is 43.1 Å². The van der Waals surface area contributed by atoms with E-state index in [-0.39, 0.29) is 0 Å². The average molecular weight is 1060 g/mol. The van der Waals surface area contributed by atoms with Crippen molar-refractivity contribution >= 4 is 65.8 Å². The highest BCUT2D eigenvalue weighted by Crippen LogP contribution is 2.24. The number of carbonyl (C=O) groups excluding carboxylic acids is 3. The summed E-state index contributed by atoms with van der Waals surface area (Å²) in [7, 11) is -2.97. The molecule has 80 heavy (non-hydrogen) atoms. The normalized spacial score (nSPS) is 9.04. The number of anilines is 2. The summed E-state index contributed by atoms with van der Waals surface area (Å²) in [5.74, 6) is 16.9. The van der Waals surface area contributed by atoms with E-state index < -0.39 is 20.1 Å². The molecule has 0 spiro atoms. The van der Waals surface area contributed by atoms with Crippen LogP contribution in [-0.2, 0) is 0 Å². The van der Waals surface area contributed by atoms with Crippen LogP contribution in [-0.4, -0.2) is 66.0 Å². The summed E-state index contributed by atoms with van der Waals surface area (Å²) in [5.41, 5.74) is 20.6. The molecule has 1 amide bonds. The van der Waals surface area contributed by atoms with Gasteiger partial charge in [-0.2, -0.15) is 21.0 Å². The summed E-state index contributed by atoms with van der Waals surface area (Å²) in [5, 5.41) is 72.0. The Bertz CT molecular complexity index is 3390. The molecule has 8 aromatic rings. The van der Waals surface area contributed by atoms with Gasteiger partial charge in [-0.05, 0) is 163 Å². The minimum absolute atomic E-state index is 0.371. The highest BCUT2D eigenvalue weighted by atomic mass is 16.5. The van der Waals surface area contributed by atoms with Crippen molar-refractivity contribution in [1.29, 1.82) is 21.0 Å². The van der Waals surface area contributed by atoms with Gasteiger partial charge in [0.15, 0.2) is 0 Å². The Hall–Kier alpha value is -11.0. The van der Waals surface area contributed by atoms with E-state index >= 15 is 0 Å². The fraction of sp³-hybridized carbons (Fsp3) is 0.0656. The van der Waals surface area contributed by atoms with Gasteiger partial charge in [0.2, 0.25) is 0 Å². The molecule has 0 unspecified atom stereocenters. The molecular formula is C61H52B2N8O9. The third-order valence-electron chi connectivity index (χ3n) is 10.2. The lowest BCUT2D eigenvalue weighted by Gasteiger charge is -2.11. The first kappa shape index (κ1) is 63.3. The van der Waals surface area contributed by atoms with Crippen LogP contribution in [0.25, 0.3) is 10.8 Å². The lowest BCUT2D eigenvalue weighted by Crippen LogP contribution is -2.30. The van der Waals surface area contributed by atoms with Gasteiger partial charge in [-0.3, -0.25) is 19.8 Å². The Balaban J connectivity index is 0.000000260. The first-order valence-corrected chi connectivity index (χ1v) is 23.8. The van der Waals surface area contributed by atoms with Gasteiger partial charge in [-0.25, -0.2) is 5.84 Å². The highest BCUT2D eigenvalue weighted by Gasteiger charge is 2.13. The highest BCUT2D eigenvalue weighted by molar-refractivity contribution is 6.58. The van der Waals surface area contributed by atoms with Crippen molar-refractivity contribution in [1.82, 2.24) is 5.43 Å². The predicted octanol–water partition coefficient (Wildman–Crippen LogP) is 5.71. The number of rotatable bonds is 9. The van der Waals surface area contributed by atoms with Crippen LogP contribution in [0, 0.1) is 69.0 Å². The van der Waals surface area contributed by atoms with Gasteiger partial charge in [-0.1, -0.05) is 72.5 Å². The Morgan fingerprint density at radius 2 is 0.863 bits per heavy atom. The van der Waals surface area contributed by atoms with Crippen LogP contribution in [0.4, 0.5) is 11.4 Å². The van der Waals surface area contributed by atoms with E-state index in [0.29, 0.717) is 74.6 Å². The number of nitrogens with zero attached hydrogens (tertiary/aromatic N) is 4. The first-order valence-electron chi connectivity index (χ1n) is 23.8. The van der Waals surface area contributed by atoms with Crippen molar-refractivity contribution in [3.63, 3.8) is 0 Å². The maximum absolute atomic E-state index is 11.5. The summed E-state index contributed by atoms with van der Waals surface area (Å²) >= 11 is 0. The average Bonchev–Trinajstić information content (AvgIpc) is 3.50. The molecule has 0 fully saturated rings. The maximum Gasteiger partial charge on any atom is 0.488 e. The minimum Gasteiger partial charge on any atom is -0.494 e. The van der Waals surface area contributed by atoms with Crippen molar-refractivity contribution in [3.05, 3.63) is 226 Å². The van der Waals surface area contributed by atoms with Crippen LogP contribution in [0.3, 0.4) is 0 Å². The zero-order valence-corrected chi connectivity index (χ0v) is 43.3. The lowest BCUT2D eigenvalue weighted by atomic mass is 9.80. The van der Waals surface area contributed by atoms with E-state index in [1.807, 2.05) is 50.3 Å². The number of nitrogens with one attached hydrogen (secondary N) is 1. The zero-order valence-electron chi connectivity index (χ0n) is 43.3. The molecule has 0 radical (unpaired) electrons. The molecule has 0 atom stereocenters. The van der Waals surface area contributed by atoms with E-state index in [1.54, 1.807) is 152 Å². The number of fused-ring (bicyclic) bond motifs is 1. The van der Waals surface area contributed by atoms with Gasteiger partial charge in [-0.15, -0.1) is 0 Å². The summed E-state index contributed by atoms with van der Waals surface area (Å²) in [4.78, 5) is 31.7. The van der Waals surface area contributed by atoms with E-state index in [4.69, 9.17) is 67.9 Å². The summed E-state index contributed by atoms with van der Waals surface area (Å²) in [6, 6.07) is 57.1. The number of aldehydes is 2. The van der Waals surface area contributed by atoms with Crippen molar-refractivity contribution in [2.24, 2.45) is 5.84 Å². The molecular weight excluding hydrogens is 1010 g/mol. The molecule has 8 rings (SSSR count). The molecule has 0 aliphatic heterocycles. The topological polar surface area (TPSA) is 336 Å². The molecule has 0 heterocycles. The standard InChI is InChI=1S/C16H12B2O4.C12H6N2.C11H16N2O3.C8H4N2.C8H6O2.C6H8N2/c19-17(20)15-9-5-13(6-10-15)3-1-2-4-14-7-11-16(12-8-14)18(21)22;13-7-9-1-3-11-6-10(8-14)2-4-12(11)5-9;1-3-15-8-5-6-10(16-4-2)9(7-8)11(14)13-12;2*9-5-7-1-2-8(6-10)4-3-7;7-5-1-2-6(8)4-3-5/h5-12,19-22H;1-6H;5-7H,3-4,12H2,1-2H3,(H,13,14);1-4H;1-6H;1-4H,7-8H2. The minimum atomic E-state index is -1.48. The molecule has 0 bridgehead atoms. The van der Waals surface area contributed by atoms with Gasteiger partial charge in [0, 0.05) is 33.6 Å². The van der Waals surface area contributed by atoms with Crippen molar-refractivity contribution < 1.29 is 44.0 Å². The van der Waals surface area contributed by atoms with Crippen LogP contribution >= 0.6 is 0 Å². The molecule has 396 valence electrons. The van der Waals surface area contributed by atoms with Crippen molar-refractivity contribution in [2.45, 2.75) is 13.8 Å². The first-order chi connectivity index (χ1) is 38.6. The number of hydrogen-bond acceptors (Lipinski definition) is 16. The van der Waals surface area contributed by atoms with Gasteiger partial charge in [0.1, 0.15) is 24.1 Å². The Morgan fingerprint density at radius 1 is 0.500 bits per heavy atom. The summed E-state index contributed by atoms with van der Waals surface area (Å²) in [6.45, 7) is 4.75. The van der Waals surface area contributed by atoms with E-state index in [9.17, 15) is 14.4 Å². The zero-order chi connectivity index (χ0) is 58.7. The molecule has 0 saturated carbocycles. The second-order valence-corrected chi connectivity index (χ2v) is 15.9. The molecule has 8 aromatic carbocycles. The monoisotopic (exact) mass is 1060 g/mol. The fourth-order valence-corrected chi connectivity index (χ4v) is 6.14. The smallest absolute Gasteiger partial charge is 0.488 e. The van der Waals surface area contributed by atoms with E-state index in [0.717, 1.165) is 45.8 Å². The Morgan fingerprint density at radius 3 is 1.19 bits per heavy atom. The number of nitrogens with two attached hydrogens (primary N) is 3. The molecule has 17 nitrogen and oxygen atoms in total. The van der Waals surface area contributed by atoms with E-state index in [1.165, 1.54) is 0 Å². The van der Waals surface area contributed by atoms with Crippen molar-refractivity contribution in [2.75, 3.05) is 24.7 Å². The van der Waals surface area contributed by atoms with Crippen LogP contribution in [0.1, 0.15) is 78.3 Å². The third-order valence-corrected chi connectivity index (χ3v) is 10.2. The number of ether oxygens (including phenoxy) is 2. The maximum atomic E-state index is 11.5. The predicted molar refractivity (Wildman–Crippen MR) is 308 cm³/mol. The van der Waals surface area contributed by atoms with Crippen LogP contribution in [0.2, 0.25) is 0 Å². The number of hydrazine groups is 1. The largest absolute Gasteiger partial charge is 0.494 e. The SMILES string of the molecule is CCOc1ccc(OCC)c(C(=O)NN)c1.N#Cc1ccc(C#N)cc1.N#Cc1ccc2cc(C#N)ccc2c1.Nc1ccc(N)cc1.O=Cc1ccc(C=O)cc1.OB(O)c1ccc(C#CC#Cc2ccc(B(O)O)cc2)cc1. The van der Waals surface area contributed by atoms with Gasteiger partial charge >= 0.3 is 14.2 Å². The number of benzene rings is 8. The number of amides is 1. The second-order valence-electron chi connectivity index (χ2n) is 15.9. The molecule has 19 heteroatoms. The second kappa shape index (κ2) is 35.3. The number of nitriles is 4. The molecule has 0 aliphatic carbocycles. The third kappa shape index (κ3) is 22.9. The fourth-order valence-electron chi connectivity index (χ4n) is 6.14. The molecule has 11 N–H and O–H groups in total. The van der Waals surface area contributed by atoms with Gasteiger partial charge in [0.05, 0.1) is 65.3 Å². The van der Waals surface area contributed by atoms with Gasteiger partial charge < -0.3 is 41.0 Å². The number of nitrogen functional groups attached to an aromatic ring is 3. The lowest BCUT2D eigenvalue weighted by molar-refractivity contribution is 0.0948. The Kier molecular flexibility index (Phi) is 28.0.